The van der Waals surface area contributed by atoms with Crippen molar-refractivity contribution in [2.75, 3.05) is 4.90 Å². The number of hydrogen-bond donors (Lipinski definition) is 0. The monoisotopic (exact) mass is 543 g/mol. The summed E-state index contributed by atoms with van der Waals surface area (Å²) in [7, 11) is 0. The van der Waals surface area contributed by atoms with E-state index in [0.29, 0.717) is 0 Å². The Morgan fingerprint density at radius 1 is 0.429 bits per heavy atom. The molecule has 1 unspecified atom stereocenters. The van der Waals surface area contributed by atoms with Crippen molar-refractivity contribution in [2.45, 2.75) is 31.3 Å². The number of anilines is 1. The van der Waals surface area contributed by atoms with Crippen LogP contribution in [0.15, 0.2) is 176 Å². The van der Waals surface area contributed by atoms with Crippen molar-refractivity contribution in [1.82, 2.24) is 0 Å². The Labute approximate surface area is 250 Å². The lowest BCUT2D eigenvalue weighted by molar-refractivity contribution is 0.511. The molecule has 6 rings (SSSR count). The lowest BCUT2D eigenvalue weighted by Crippen LogP contribution is -2.35. The first-order valence-electron chi connectivity index (χ1n) is 14.8. The normalized spacial score (nSPS) is 12.0. The van der Waals surface area contributed by atoms with E-state index in [0.717, 1.165) is 13.1 Å². The van der Waals surface area contributed by atoms with E-state index in [1.54, 1.807) is 0 Å². The van der Waals surface area contributed by atoms with Crippen LogP contribution in [0.1, 0.15) is 46.2 Å². The van der Waals surface area contributed by atoms with E-state index < -0.39 is 0 Å². The molecule has 1 atom stereocenters. The van der Waals surface area contributed by atoms with Gasteiger partial charge < -0.3 is 4.90 Å². The minimum Gasteiger partial charge on any atom is -0.363 e. The lowest BCUT2D eigenvalue weighted by atomic mass is 9.60. The zero-order valence-corrected chi connectivity index (χ0v) is 24.2. The average Bonchev–Trinajstić information content (AvgIpc) is 3.07. The van der Waals surface area contributed by atoms with Crippen LogP contribution in [0.4, 0.5) is 5.69 Å². The van der Waals surface area contributed by atoms with Crippen molar-refractivity contribution < 1.29 is 0 Å². The molecular weight excluding hydrogens is 506 g/mol. The summed E-state index contributed by atoms with van der Waals surface area (Å²) in [6.07, 6.45) is 0. The van der Waals surface area contributed by atoms with E-state index in [2.05, 4.69) is 188 Å². The van der Waals surface area contributed by atoms with Crippen molar-refractivity contribution in [3.05, 3.63) is 209 Å². The summed E-state index contributed by atoms with van der Waals surface area (Å²) < 4.78 is 0. The molecule has 206 valence electrons. The maximum Gasteiger partial charge on any atom is 0.0516 e. The van der Waals surface area contributed by atoms with Gasteiger partial charge in [-0.25, -0.2) is 0 Å². The molecule has 0 saturated heterocycles. The summed E-state index contributed by atoms with van der Waals surface area (Å²) in [4.78, 5) is 2.47. The molecule has 0 aliphatic heterocycles. The van der Waals surface area contributed by atoms with Crippen LogP contribution in [-0.4, -0.2) is 0 Å². The minimum atomic E-state index is -0.348. The van der Waals surface area contributed by atoms with Gasteiger partial charge in [-0.1, -0.05) is 171 Å². The molecule has 0 N–H and O–H groups in total. The molecule has 0 aliphatic carbocycles. The Bertz CT molecular complexity index is 1510. The van der Waals surface area contributed by atoms with E-state index in [-0.39, 0.29) is 11.3 Å². The van der Waals surface area contributed by atoms with E-state index in [4.69, 9.17) is 0 Å². The Hall–Kier alpha value is -4.88. The molecule has 0 spiro atoms. The van der Waals surface area contributed by atoms with Crippen molar-refractivity contribution in [3.8, 4) is 0 Å². The van der Waals surface area contributed by atoms with Crippen LogP contribution in [-0.2, 0) is 18.5 Å². The van der Waals surface area contributed by atoms with Gasteiger partial charge in [-0.2, -0.15) is 0 Å². The Balaban J connectivity index is 1.42. The van der Waals surface area contributed by atoms with Gasteiger partial charge in [0.15, 0.2) is 0 Å². The molecule has 0 heterocycles. The lowest BCUT2D eigenvalue weighted by Gasteiger charge is -2.42. The Morgan fingerprint density at radius 2 is 0.762 bits per heavy atom. The van der Waals surface area contributed by atoms with Crippen LogP contribution in [0.25, 0.3) is 0 Å². The van der Waals surface area contributed by atoms with E-state index in [1.165, 1.54) is 39.1 Å². The molecule has 0 amide bonds. The fourth-order valence-corrected chi connectivity index (χ4v) is 6.42. The van der Waals surface area contributed by atoms with Gasteiger partial charge in [-0.3, -0.25) is 0 Å². The summed E-state index contributed by atoms with van der Waals surface area (Å²) in [6.45, 7) is 4.09. The quantitative estimate of drug-likeness (QED) is 0.155. The highest BCUT2D eigenvalue weighted by Crippen LogP contribution is 2.49. The fraction of sp³-hybridized carbons (Fsp3) is 0.122. The van der Waals surface area contributed by atoms with Crippen LogP contribution in [0.5, 0.6) is 0 Å². The zero-order valence-electron chi connectivity index (χ0n) is 24.2. The highest BCUT2D eigenvalue weighted by atomic mass is 15.1. The van der Waals surface area contributed by atoms with Crippen molar-refractivity contribution in [1.29, 1.82) is 0 Å². The largest absolute Gasteiger partial charge is 0.363 e. The highest BCUT2D eigenvalue weighted by Gasteiger charge is 2.42. The summed E-state index contributed by atoms with van der Waals surface area (Å²) in [5, 5.41) is 0. The summed E-state index contributed by atoms with van der Waals surface area (Å²) in [5.74, 6) is 0.176. The molecule has 6 aromatic carbocycles. The van der Waals surface area contributed by atoms with Crippen LogP contribution in [0.3, 0.4) is 0 Å². The van der Waals surface area contributed by atoms with Gasteiger partial charge >= 0.3 is 0 Å². The molecule has 6 aromatic rings. The van der Waals surface area contributed by atoms with E-state index >= 15 is 0 Å². The van der Waals surface area contributed by atoms with Gasteiger partial charge in [0.25, 0.3) is 0 Å². The predicted octanol–water partition coefficient (Wildman–Crippen LogP) is 10.0. The Morgan fingerprint density at radius 3 is 1.12 bits per heavy atom. The average molecular weight is 544 g/mol. The standard InChI is InChI=1S/C41H37N/c1-33(41(37-21-11-4-12-22-37,38-23-13-5-14-24-38)39-25-15-6-16-26-39)36-27-29-40(30-28-36)42(31-34-17-7-2-8-18-34)32-35-19-9-3-10-20-35/h2-30,33H,31-32H2,1H3. The maximum absolute atomic E-state index is 2.47. The van der Waals surface area contributed by atoms with Gasteiger partial charge in [0.2, 0.25) is 0 Å². The molecule has 0 radical (unpaired) electrons. The highest BCUT2D eigenvalue weighted by molar-refractivity contribution is 5.56. The van der Waals surface area contributed by atoms with Crippen LogP contribution < -0.4 is 4.90 Å². The topological polar surface area (TPSA) is 3.24 Å². The Kier molecular flexibility index (Phi) is 8.28. The van der Waals surface area contributed by atoms with E-state index in [9.17, 15) is 0 Å². The number of benzene rings is 6. The molecule has 1 nitrogen and oxygen atoms in total. The van der Waals surface area contributed by atoms with Gasteiger partial charge in [-0.05, 0) is 51.4 Å². The minimum absolute atomic E-state index is 0.176. The molecule has 0 saturated carbocycles. The molecule has 0 aliphatic rings. The van der Waals surface area contributed by atoms with Gasteiger partial charge in [0, 0.05) is 18.8 Å². The van der Waals surface area contributed by atoms with Gasteiger partial charge in [-0.15, -0.1) is 0 Å². The second-order valence-corrected chi connectivity index (χ2v) is 11.0. The van der Waals surface area contributed by atoms with Crippen molar-refractivity contribution in [3.63, 3.8) is 0 Å². The third-order valence-electron chi connectivity index (χ3n) is 8.53. The molecule has 0 aromatic heterocycles. The van der Waals surface area contributed by atoms with Crippen molar-refractivity contribution in [2.24, 2.45) is 0 Å². The predicted molar refractivity (Wildman–Crippen MR) is 177 cm³/mol. The van der Waals surface area contributed by atoms with Crippen LogP contribution >= 0.6 is 0 Å². The number of nitrogens with zero attached hydrogens (tertiary/aromatic N) is 1. The second-order valence-electron chi connectivity index (χ2n) is 11.0. The SMILES string of the molecule is CC(c1ccc(N(Cc2ccccc2)Cc2ccccc2)cc1)C(c1ccccc1)(c1ccccc1)c1ccccc1. The fourth-order valence-electron chi connectivity index (χ4n) is 6.42. The maximum atomic E-state index is 2.47. The molecule has 0 fully saturated rings. The number of rotatable bonds is 10. The third-order valence-corrected chi connectivity index (χ3v) is 8.53. The summed E-state index contributed by atoms with van der Waals surface area (Å²) in [6, 6.07) is 63.8. The molecule has 1 heteroatoms. The van der Waals surface area contributed by atoms with Gasteiger partial charge in [0.1, 0.15) is 0 Å². The third kappa shape index (κ3) is 5.64. The molecular formula is C41H37N. The molecule has 0 bridgehead atoms. The molecule has 42 heavy (non-hydrogen) atoms. The first-order chi connectivity index (χ1) is 20.7. The van der Waals surface area contributed by atoms with Crippen LogP contribution in [0.2, 0.25) is 0 Å². The summed E-state index contributed by atoms with van der Waals surface area (Å²) in [5.41, 5.74) is 8.71. The first-order valence-corrected chi connectivity index (χ1v) is 14.8. The van der Waals surface area contributed by atoms with E-state index in [1.807, 2.05) is 0 Å². The number of hydrogen-bond acceptors (Lipinski definition) is 1. The zero-order chi connectivity index (χ0) is 28.6. The van der Waals surface area contributed by atoms with Crippen molar-refractivity contribution >= 4 is 5.69 Å². The van der Waals surface area contributed by atoms with Crippen LogP contribution in [0, 0.1) is 0 Å². The smallest absolute Gasteiger partial charge is 0.0516 e. The second kappa shape index (κ2) is 12.7. The first kappa shape index (κ1) is 27.3. The van der Waals surface area contributed by atoms with Gasteiger partial charge in [0.05, 0.1) is 5.41 Å². The summed E-state index contributed by atoms with van der Waals surface area (Å²) >= 11 is 0.